The molecule has 0 unspecified atom stereocenters. The number of rotatable bonds is 7. The van der Waals surface area contributed by atoms with Gasteiger partial charge in [-0.2, -0.15) is 9.07 Å². The molecule has 186 valence electrons. The van der Waals surface area contributed by atoms with Crippen LogP contribution in [0.15, 0.2) is 42.6 Å². The Hall–Kier alpha value is -3.92. The average molecular weight is 492 g/mol. The van der Waals surface area contributed by atoms with Gasteiger partial charge < -0.3 is 10.5 Å². The molecule has 0 saturated carbocycles. The minimum absolute atomic E-state index is 0.146. The molecule has 0 amide bonds. The van der Waals surface area contributed by atoms with E-state index in [1.165, 1.54) is 12.1 Å². The van der Waals surface area contributed by atoms with Crippen LogP contribution >= 0.6 is 0 Å². The normalized spacial score (nSPS) is 13.9. The first kappa shape index (κ1) is 23.8. The van der Waals surface area contributed by atoms with Gasteiger partial charge in [0.2, 0.25) is 5.82 Å². The Balaban J connectivity index is 1.45. The lowest BCUT2D eigenvalue weighted by molar-refractivity contribution is 0.229. The van der Waals surface area contributed by atoms with Gasteiger partial charge in [-0.05, 0) is 74.0 Å². The molecule has 0 aliphatic carbocycles. The molecule has 4 aromatic rings. The molecule has 2 N–H and O–H groups in total. The van der Waals surface area contributed by atoms with Crippen LogP contribution < -0.4 is 10.5 Å². The quantitative estimate of drug-likeness (QED) is 0.411. The highest BCUT2D eigenvalue weighted by atomic mass is 19.2. The number of likely N-dealkylation sites (tertiary alicyclic amines) is 1. The Bertz CT molecular complexity index is 1380. The third kappa shape index (κ3) is 4.76. The van der Waals surface area contributed by atoms with Crippen LogP contribution in [0.4, 0.5) is 14.6 Å². The Labute approximate surface area is 207 Å². The maximum absolute atomic E-state index is 15.2. The fourth-order valence-corrected chi connectivity index (χ4v) is 4.56. The van der Waals surface area contributed by atoms with Crippen molar-refractivity contribution in [2.45, 2.75) is 26.7 Å². The van der Waals surface area contributed by atoms with Gasteiger partial charge in [0.25, 0.3) is 0 Å². The summed E-state index contributed by atoms with van der Waals surface area (Å²) in [5.74, 6) is -2.04. The van der Waals surface area contributed by atoms with E-state index in [2.05, 4.69) is 31.5 Å². The number of hydrogen-bond acceptors (Lipinski definition) is 7. The van der Waals surface area contributed by atoms with Crippen molar-refractivity contribution in [3.63, 3.8) is 0 Å². The molecule has 1 saturated heterocycles. The van der Waals surface area contributed by atoms with Gasteiger partial charge in [-0.25, -0.2) is 9.37 Å². The predicted octanol–water partition coefficient (Wildman–Crippen LogP) is 4.34. The summed E-state index contributed by atoms with van der Waals surface area (Å²) >= 11 is 0. The number of anilines is 1. The number of tetrazole rings is 1. The van der Waals surface area contributed by atoms with Crippen molar-refractivity contribution in [1.82, 2.24) is 30.1 Å². The molecule has 0 spiro atoms. The minimum atomic E-state index is -1.11. The van der Waals surface area contributed by atoms with Crippen molar-refractivity contribution in [3.05, 3.63) is 65.4 Å². The molecule has 1 fully saturated rings. The number of aromatic nitrogens is 5. The van der Waals surface area contributed by atoms with Gasteiger partial charge in [-0.3, -0.25) is 4.90 Å². The molecule has 0 atom stereocenters. The van der Waals surface area contributed by atoms with Crippen molar-refractivity contribution in [3.8, 4) is 34.0 Å². The van der Waals surface area contributed by atoms with Crippen LogP contribution in [0.1, 0.15) is 24.0 Å². The summed E-state index contributed by atoms with van der Waals surface area (Å²) in [6.45, 7) is 6.98. The molecule has 36 heavy (non-hydrogen) atoms. The van der Waals surface area contributed by atoms with Gasteiger partial charge >= 0.3 is 0 Å². The van der Waals surface area contributed by atoms with E-state index in [4.69, 9.17) is 10.5 Å². The lowest BCUT2D eigenvalue weighted by Gasteiger charge is -2.16. The molecule has 8 nitrogen and oxygen atoms in total. The highest BCUT2D eigenvalue weighted by Crippen LogP contribution is 2.32. The largest absolute Gasteiger partial charge is 0.489 e. The molecule has 0 bridgehead atoms. The minimum Gasteiger partial charge on any atom is -0.489 e. The number of nitrogens with zero attached hydrogens (tertiary/aromatic N) is 6. The lowest BCUT2D eigenvalue weighted by atomic mass is 10.0. The van der Waals surface area contributed by atoms with Crippen LogP contribution in [0.3, 0.4) is 0 Å². The number of nitrogens with two attached hydrogens (primary N) is 1. The second-order valence-electron chi connectivity index (χ2n) is 9.06. The van der Waals surface area contributed by atoms with Crippen LogP contribution in [0.5, 0.6) is 5.75 Å². The molecule has 3 heterocycles. The van der Waals surface area contributed by atoms with Crippen LogP contribution in [-0.2, 0) is 0 Å². The van der Waals surface area contributed by atoms with E-state index in [-0.39, 0.29) is 29.7 Å². The first-order valence-corrected chi connectivity index (χ1v) is 11.9. The smallest absolute Gasteiger partial charge is 0.202 e. The molecule has 1 aliphatic rings. The number of benzene rings is 2. The highest BCUT2D eigenvalue weighted by Gasteiger charge is 2.22. The van der Waals surface area contributed by atoms with Crippen molar-refractivity contribution in [1.29, 1.82) is 0 Å². The monoisotopic (exact) mass is 491 g/mol. The number of nitrogen functional groups attached to an aromatic ring is 1. The highest BCUT2D eigenvalue weighted by molar-refractivity contribution is 5.77. The molecular weight excluding hydrogens is 464 g/mol. The molecule has 1 aliphatic heterocycles. The summed E-state index contributed by atoms with van der Waals surface area (Å²) in [6, 6.07) is 10.7. The maximum Gasteiger partial charge on any atom is 0.202 e. The molecule has 0 radical (unpaired) electrons. The van der Waals surface area contributed by atoms with Crippen molar-refractivity contribution < 1.29 is 13.5 Å². The van der Waals surface area contributed by atoms with Crippen molar-refractivity contribution in [2.24, 2.45) is 0 Å². The summed E-state index contributed by atoms with van der Waals surface area (Å²) in [6.07, 6.45) is 3.97. The molecule has 2 aromatic heterocycles. The van der Waals surface area contributed by atoms with Gasteiger partial charge in [-0.15, -0.1) is 5.10 Å². The summed E-state index contributed by atoms with van der Waals surface area (Å²) in [5.41, 5.74) is 10.4. The van der Waals surface area contributed by atoms with E-state index in [1.54, 1.807) is 12.3 Å². The Kier molecular flexibility index (Phi) is 6.60. The maximum atomic E-state index is 15.2. The van der Waals surface area contributed by atoms with Crippen molar-refractivity contribution >= 4 is 5.82 Å². The number of hydrogen-bond donors (Lipinski definition) is 1. The second kappa shape index (κ2) is 9.98. The van der Waals surface area contributed by atoms with E-state index in [0.717, 1.165) is 52.9 Å². The zero-order valence-electron chi connectivity index (χ0n) is 20.2. The van der Waals surface area contributed by atoms with E-state index in [9.17, 15) is 4.39 Å². The van der Waals surface area contributed by atoms with Crippen LogP contribution in [0, 0.1) is 25.5 Å². The molecule has 5 rings (SSSR count). The van der Waals surface area contributed by atoms with Gasteiger partial charge in [0.1, 0.15) is 18.1 Å². The Morgan fingerprint density at radius 2 is 1.72 bits per heavy atom. The summed E-state index contributed by atoms with van der Waals surface area (Å²) in [4.78, 5) is 6.54. The van der Waals surface area contributed by atoms with E-state index >= 15 is 4.39 Å². The summed E-state index contributed by atoms with van der Waals surface area (Å²) < 4.78 is 36.7. The van der Waals surface area contributed by atoms with Crippen LogP contribution in [0.2, 0.25) is 0 Å². The second-order valence-corrected chi connectivity index (χ2v) is 9.06. The van der Waals surface area contributed by atoms with Gasteiger partial charge in [-0.1, -0.05) is 29.3 Å². The zero-order valence-corrected chi connectivity index (χ0v) is 20.2. The standard InChI is InChI=1S/C26H27F2N7O/c1-16-11-17(2)13-18(12-16)19-14-20(25(29)30-15-19)26-31-32-33-35(26)21-5-6-22(24(28)23(21)27)36-10-9-34-7-3-4-8-34/h5-6,11-15H,3-4,7-10H2,1-2H3,(H2,29,30). The van der Waals surface area contributed by atoms with E-state index < -0.39 is 11.6 Å². The van der Waals surface area contributed by atoms with E-state index in [1.807, 2.05) is 26.0 Å². The van der Waals surface area contributed by atoms with Crippen LogP contribution in [-0.4, -0.2) is 56.3 Å². The van der Waals surface area contributed by atoms with Gasteiger partial charge in [0, 0.05) is 18.3 Å². The first-order chi connectivity index (χ1) is 17.4. The van der Waals surface area contributed by atoms with Crippen molar-refractivity contribution in [2.75, 3.05) is 32.0 Å². The van der Waals surface area contributed by atoms with Gasteiger partial charge in [0.05, 0.1) is 5.56 Å². The number of halogens is 2. The average Bonchev–Trinajstić information content (AvgIpc) is 3.54. The fraction of sp³-hybridized carbons (Fsp3) is 0.308. The fourth-order valence-electron chi connectivity index (χ4n) is 4.56. The number of ether oxygens (including phenoxy) is 1. The Morgan fingerprint density at radius 3 is 2.47 bits per heavy atom. The molecule has 10 heteroatoms. The SMILES string of the molecule is Cc1cc(C)cc(-c2cnc(N)c(-c3nnnn3-c3ccc(OCCN4CCCC4)c(F)c3F)c2)c1. The lowest BCUT2D eigenvalue weighted by Crippen LogP contribution is -2.25. The summed E-state index contributed by atoms with van der Waals surface area (Å²) in [5, 5.41) is 11.6. The number of aryl methyl sites for hydroxylation is 2. The predicted molar refractivity (Wildman–Crippen MR) is 133 cm³/mol. The summed E-state index contributed by atoms with van der Waals surface area (Å²) in [7, 11) is 0. The first-order valence-electron chi connectivity index (χ1n) is 11.9. The Morgan fingerprint density at radius 1 is 0.972 bits per heavy atom. The third-order valence-electron chi connectivity index (χ3n) is 6.30. The molecular formula is C26H27F2N7O. The van der Waals surface area contributed by atoms with Crippen LogP contribution in [0.25, 0.3) is 28.2 Å². The topological polar surface area (TPSA) is 95.0 Å². The third-order valence-corrected chi connectivity index (χ3v) is 6.30. The number of pyridine rings is 1. The zero-order chi connectivity index (χ0) is 25.2. The molecule has 2 aromatic carbocycles. The van der Waals surface area contributed by atoms with Gasteiger partial charge in [0.15, 0.2) is 17.4 Å². The van der Waals surface area contributed by atoms with E-state index in [0.29, 0.717) is 12.1 Å².